The second-order valence-corrected chi connectivity index (χ2v) is 5.47. The molecule has 0 bridgehead atoms. The molecule has 0 fully saturated rings. The number of hydrogen-bond donors (Lipinski definition) is 1. The summed E-state index contributed by atoms with van der Waals surface area (Å²) in [6, 6.07) is 6.84. The first-order chi connectivity index (χ1) is 9.13. The molecule has 0 radical (unpaired) electrons. The van der Waals surface area contributed by atoms with E-state index >= 15 is 0 Å². The summed E-state index contributed by atoms with van der Waals surface area (Å²) < 4.78 is 1.14. The largest absolute Gasteiger partial charge is 0.360 e. The van der Waals surface area contributed by atoms with E-state index in [1.807, 2.05) is 0 Å². The first-order valence-corrected chi connectivity index (χ1v) is 7.64. The van der Waals surface area contributed by atoms with Crippen molar-refractivity contribution in [3.63, 3.8) is 0 Å². The molecule has 0 aliphatic carbocycles. The van der Waals surface area contributed by atoms with Crippen molar-refractivity contribution in [2.45, 2.75) is 33.2 Å². The predicted molar refractivity (Wildman–Crippen MR) is 87.6 cm³/mol. The zero-order chi connectivity index (χ0) is 14.3. The Hall–Kier alpha value is -0.980. The maximum Gasteiger partial charge on any atom is 0.0791 e. The zero-order valence-corrected chi connectivity index (χ0v) is 13.6. The Morgan fingerprint density at radius 2 is 2.16 bits per heavy atom. The second kappa shape index (κ2) is 8.24. The Kier molecular flexibility index (Phi) is 6.97. The summed E-state index contributed by atoms with van der Waals surface area (Å²) in [4.78, 5) is 2.23. The molecule has 2 nitrogen and oxygen atoms in total. The van der Waals surface area contributed by atoms with Crippen molar-refractivity contribution in [2.24, 2.45) is 0 Å². The van der Waals surface area contributed by atoms with Crippen molar-refractivity contribution >= 4 is 21.6 Å². The summed E-state index contributed by atoms with van der Waals surface area (Å²) in [5.41, 5.74) is 2.46. The van der Waals surface area contributed by atoms with Gasteiger partial charge in [-0.25, -0.2) is 0 Å². The lowest BCUT2D eigenvalue weighted by Gasteiger charge is -2.23. The highest BCUT2D eigenvalue weighted by atomic mass is 79.9. The van der Waals surface area contributed by atoms with E-state index in [1.165, 1.54) is 11.3 Å². The molecule has 1 unspecified atom stereocenters. The van der Waals surface area contributed by atoms with Gasteiger partial charge in [-0.3, -0.25) is 0 Å². The van der Waals surface area contributed by atoms with Gasteiger partial charge in [-0.15, -0.1) is 6.42 Å². The van der Waals surface area contributed by atoms with Gasteiger partial charge in [0, 0.05) is 22.7 Å². The third-order valence-electron chi connectivity index (χ3n) is 3.10. The molecule has 0 amide bonds. The van der Waals surface area contributed by atoms with Gasteiger partial charge in [0.05, 0.1) is 6.54 Å². The fraction of sp³-hybridized carbons (Fsp3) is 0.500. The first kappa shape index (κ1) is 16.1. The average molecular weight is 323 g/mol. The third-order valence-corrected chi connectivity index (χ3v) is 3.79. The maximum absolute atomic E-state index is 5.44. The monoisotopic (exact) mass is 322 g/mol. The first-order valence-electron chi connectivity index (χ1n) is 6.85. The molecule has 3 heteroatoms. The molecule has 19 heavy (non-hydrogen) atoms. The number of anilines is 1. The Labute approximate surface area is 125 Å². The minimum absolute atomic E-state index is 0.348. The molecule has 1 N–H and O–H groups in total. The van der Waals surface area contributed by atoms with Crippen LogP contribution in [0.15, 0.2) is 22.7 Å². The van der Waals surface area contributed by atoms with Crippen LogP contribution in [0.1, 0.15) is 38.8 Å². The van der Waals surface area contributed by atoms with E-state index < -0.39 is 0 Å². The molecular weight excluding hydrogens is 300 g/mol. The molecule has 1 aromatic carbocycles. The SMILES string of the molecule is C#CCN(CCC)c1ccc(C(C)NCC)c(Br)c1. The molecule has 104 valence electrons. The Morgan fingerprint density at radius 3 is 2.68 bits per heavy atom. The van der Waals surface area contributed by atoms with Crippen LogP contribution in [0.5, 0.6) is 0 Å². The molecule has 0 saturated heterocycles. The van der Waals surface area contributed by atoms with Gasteiger partial charge < -0.3 is 10.2 Å². The quantitative estimate of drug-likeness (QED) is 0.764. The fourth-order valence-corrected chi connectivity index (χ4v) is 2.87. The summed E-state index contributed by atoms with van der Waals surface area (Å²) >= 11 is 3.67. The maximum atomic E-state index is 5.44. The number of hydrogen-bond acceptors (Lipinski definition) is 2. The molecule has 1 aromatic rings. The van der Waals surface area contributed by atoms with Gasteiger partial charge >= 0.3 is 0 Å². The van der Waals surface area contributed by atoms with Crippen LogP contribution in [-0.2, 0) is 0 Å². The topological polar surface area (TPSA) is 15.3 Å². The van der Waals surface area contributed by atoms with E-state index in [1.54, 1.807) is 0 Å². The summed E-state index contributed by atoms with van der Waals surface area (Å²) in [6.45, 7) is 9.07. The molecule has 0 saturated carbocycles. The van der Waals surface area contributed by atoms with Crippen LogP contribution in [-0.4, -0.2) is 19.6 Å². The lowest BCUT2D eigenvalue weighted by molar-refractivity contribution is 0.596. The molecule has 0 aliphatic rings. The lowest BCUT2D eigenvalue weighted by Crippen LogP contribution is -2.24. The Morgan fingerprint density at radius 1 is 1.42 bits per heavy atom. The molecular formula is C16H23BrN2. The van der Waals surface area contributed by atoms with Crippen molar-refractivity contribution in [1.29, 1.82) is 0 Å². The predicted octanol–water partition coefficient (Wildman–Crippen LogP) is 3.97. The Balaban J connectivity index is 2.94. The third kappa shape index (κ3) is 4.56. The fourth-order valence-electron chi connectivity index (χ4n) is 2.16. The van der Waals surface area contributed by atoms with Crippen LogP contribution < -0.4 is 10.2 Å². The number of rotatable bonds is 7. The van der Waals surface area contributed by atoms with Crippen LogP contribution in [0.3, 0.4) is 0 Å². The lowest BCUT2D eigenvalue weighted by atomic mass is 10.1. The van der Waals surface area contributed by atoms with Crippen molar-refractivity contribution < 1.29 is 0 Å². The highest BCUT2D eigenvalue weighted by molar-refractivity contribution is 9.10. The smallest absolute Gasteiger partial charge is 0.0791 e. The van der Waals surface area contributed by atoms with Gasteiger partial charge in [0.2, 0.25) is 0 Å². The normalized spacial score (nSPS) is 11.9. The van der Waals surface area contributed by atoms with Crippen LogP contribution in [0.25, 0.3) is 0 Å². The highest BCUT2D eigenvalue weighted by Gasteiger charge is 2.11. The molecule has 0 heterocycles. The van der Waals surface area contributed by atoms with Gasteiger partial charge in [0.1, 0.15) is 0 Å². The molecule has 0 aromatic heterocycles. The van der Waals surface area contributed by atoms with Gasteiger partial charge in [0.25, 0.3) is 0 Å². The summed E-state index contributed by atoms with van der Waals surface area (Å²) in [5.74, 6) is 2.73. The van der Waals surface area contributed by atoms with Crippen molar-refractivity contribution in [2.75, 3.05) is 24.5 Å². The summed E-state index contributed by atoms with van der Waals surface area (Å²) in [5, 5.41) is 3.43. The number of halogens is 1. The van der Waals surface area contributed by atoms with Crippen molar-refractivity contribution in [3.05, 3.63) is 28.2 Å². The van der Waals surface area contributed by atoms with E-state index in [9.17, 15) is 0 Å². The highest BCUT2D eigenvalue weighted by Crippen LogP contribution is 2.28. The van der Waals surface area contributed by atoms with E-state index in [-0.39, 0.29) is 0 Å². The van der Waals surface area contributed by atoms with E-state index in [4.69, 9.17) is 6.42 Å². The molecule has 0 aliphatic heterocycles. The minimum Gasteiger partial charge on any atom is -0.360 e. The van der Waals surface area contributed by atoms with Crippen LogP contribution in [0.4, 0.5) is 5.69 Å². The minimum atomic E-state index is 0.348. The number of nitrogens with zero attached hydrogens (tertiary/aromatic N) is 1. The molecule has 1 rings (SSSR count). The number of benzene rings is 1. The van der Waals surface area contributed by atoms with E-state index in [2.05, 4.69) is 71.0 Å². The van der Waals surface area contributed by atoms with Gasteiger partial charge in [-0.1, -0.05) is 41.8 Å². The molecule has 1 atom stereocenters. The van der Waals surface area contributed by atoms with E-state index in [0.29, 0.717) is 12.6 Å². The van der Waals surface area contributed by atoms with Crippen LogP contribution >= 0.6 is 15.9 Å². The molecule has 0 spiro atoms. The van der Waals surface area contributed by atoms with Crippen molar-refractivity contribution in [1.82, 2.24) is 5.32 Å². The van der Waals surface area contributed by atoms with Gasteiger partial charge in [0.15, 0.2) is 0 Å². The Bertz CT molecular complexity index is 437. The summed E-state index contributed by atoms with van der Waals surface area (Å²) in [6.07, 6.45) is 6.53. The number of nitrogens with one attached hydrogen (secondary N) is 1. The van der Waals surface area contributed by atoms with E-state index in [0.717, 1.165) is 24.0 Å². The summed E-state index contributed by atoms with van der Waals surface area (Å²) in [7, 11) is 0. The number of terminal acetylenes is 1. The second-order valence-electron chi connectivity index (χ2n) is 4.61. The zero-order valence-electron chi connectivity index (χ0n) is 12.0. The van der Waals surface area contributed by atoms with Gasteiger partial charge in [-0.2, -0.15) is 0 Å². The van der Waals surface area contributed by atoms with Crippen LogP contribution in [0, 0.1) is 12.3 Å². The average Bonchev–Trinajstić information content (AvgIpc) is 2.38. The van der Waals surface area contributed by atoms with Crippen molar-refractivity contribution in [3.8, 4) is 12.3 Å². The van der Waals surface area contributed by atoms with Crippen LogP contribution in [0.2, 0.25) is 0 Å². The standard InChI is InChI=1S/C16H23BrN2/c1-5-10-19(11-6-2)14-8-9-15(16(17)12-14)13(4)18-7-3/h1,8-9,12-13,18H,6-7,10-11H2,2-4H3. The van der Waals surface area contributed by atoms with Gasteiger partial charge in [-0.05, 0) is 37.6 Å².